The predicted molar refractivity (Wildman–Crippen MR) is 179 cm³/mol. The lowest BCUT2D eigenvalue weighted by Gasteiger charge is -2.50. The molecule has 2 fully saturated rings. The smallest absolute Gasteiger partial charge is 0.261 e. The first-order valence-corrected chi connectivity index (χ1v) is 18.7. The maximum absolute atomic E-state index is 13.2. The highest BCUT2D eigenvalue weighted by atomic mass is 35.5. The van der Waals surface area contributed by atoms with E-state index >= 15 is 0 Å². The molecule has 41 heavy (non-hydrogen) atoms. The van der Waals surface area contributed by atoms with E-state index in [9.17, 15) is 8.42 Å². The van der Waals surface area contributed by atoms with E-state index in [-0.39, 0.29) is 10.1 Å². The molecule has 0 aliphatic carbocycles. The van der Waals surface area contributed by atoms with E-state index < -0.39 is 17.4 Å². The zero-order valence-electron chi connectivity index (χ0n) is 24.2. The van der Waals surface area contributed by atoms with Crippen LogP contribution < -0.4 is 10.0 Å². The number of thiocarbonyl (C=S) groups is 1. The van der Waals surface area contributed by atoms with Crippen LogP contribution in [0.25, 0.3) is 0 Å². The van der Waals surface area contributed by atoms with E-state index in [1.165, 1.54) is 37.8 Å². The quantitative estimate of drug-likeness (QED) is 0.238. The Morgan fingerprint density at radius 1 is 0.854 bits per heavy atom. The SMILES string of the molecule is CC(C)(C)P(=NC(=S)Nc1cc(S(=O)(=O)Nc2ccc(Cl)cc2)ccc1Cl)(N1CCCCCC1)N1CCCCCC1. The second-order valence-corrected chi connectivity index (χ2v) is 18.5. The van der Waals surface area contributed by atoms with Crippen LogP contribution in [-0.4, -0.2) is 54.2 Å². The van der Waals surface area contributed by atoms with E-state index in [1.807, 2.05) is 0 Å². The number of anilines is 2. The van der Waals surface area contributed by atoms with Crippen molar-refractivity contribution in [2.75, 3.05) is 36.2 Å². The van der Waals surface area contributed by atoms with Gasteiger partial charge >= 0.3 is 0 Å². The fourth-order valence-corrected chi connectivity index (χ4v) is 12.2. The van der Waals surface area contributed by atoms with Crippen LogP contribution >= 0.6 is 42.8 Å². The fourth-order valence-electron chi connectivity index (χ4n) is 5.74. The van der Waals surface area contributed by atoms with Crippen molar-refractivity contribution in [3.8, 4) is 0 Å². The molecule has 0 bridgehead atoms. The molecule has 2 N–H and O–H groups in total. The van der Waals surface area contributed by atoms with Gasteiger partial charge < -0.3 is 5.32 Å². The minimum absolute atomic E-state index is 0.0686. The van der Waals surface area contributed by atoms with Crippen LogP contribution in [0, 0.1) is 0 Å². The summed E-state index contributed by atoms with van der Waals surface area (Å²) in [6.07, 6.45) is 9.60. The van der Waals surface area contributed by atoms with Gasteiger partial charge in [-0.15, -0.1) is 0 Å². The third-order valence-corrected chi connectivity index (χ3v) is 14.6. The van der Waals surface area contributed by atoms with Crippen molar-refractivity contribution in [3.63, 3.8) is 0 Å². The molecule has 2 aromatic carbocycles. The summed E-state index contributed by atoms with van der Waals surface area (Å²) in [5.41, 5.74) is 0.831. The largest absolute Gasteiger partial charge is 0.330 e. The van der Waals surface area contributed by atoms with E-state index in [4.69, 9.17) is 40.2 Å². The number of benzene rings is 2. The monoisotopic (exact) mass is 657 g/mol. The van der Waals surface area contributed by atoms with Crippen molar-refractivity contribution in [2.24, 2.45) is 4.74 Å². The van der Waals surface area contributed by atoms with E-state index in [1.54, 1.807) is 30.3 Å². The second-order valence-electron chi connectivity index (χ2n) is 11.8. The highest BCUT2D eigenvalue weighted by Crippen LogP contribution is 2.67. The topological polar surface area (TPSA) is 77.0 Å². The summed E-state index contributed by atoms with van der Waals surface area (Å²) in [6.45, 7) is 10.9. The molecule has 0 saturated carbocycles. The molecule has 2 saturated heterocycles. The lowest BCUT2D eigenvalue weighted by Crippen LogP contribution is -2.42. The van der Waals surface area contributed by atoms with E-state index in [0.717, 1.165) is 51.9 Å². The lowest BCUT2D eigenvalue weighted by molar-refractivity contribution is 0.368. The average Bonchev–Trinajstić information content (AvgIpc) is 3.35. The van der Waals surface area contributed by atoms with Crippen LogP contribution in [0.15, 0.2) is 52.1 Å². The maximum atomic E-state index is 13.2. The fraction of sp³-hybridized carbons (Fsp3) is 0.552. The van der Waals surface area contributed by atoms with Gasteiger partial charge in [-0.05, 0) is 80.4 Å². The van der Waals surface area contributed by atoms with Gasteiger partial charge in [0.1, 0.15) is 7.36 Å². The van der Waals surface area contributed by atoms with Gasteiger partial charge in [-0.1, -0.05) is 69.7 Å². The first-order valence-electron chi connectivity index (χ1n) is 14.4. The standard InChI is InChI=1S/C29H42Cl2N5O2PS2/c1-29(2,3)39(35-18-8-4-5-9-19-35,36-20-10-6-7-11-21-36)33-28(40)32-27-22-25(16-17-26(27)31)41(37,38)34-24-14-12-23(30)13-15-24/h12-17,22,34H,4-11,18-21H2,1-3H3,(H,32,40). The predicted octanol–water partition coefficient (Wildman–Crippen LogP) is 9.07. The van der Waals surface area contributed by atoms with Crippen molar-refractivity contribution in [2.45, 2.75) is 82.2 Å². The Morgan fingerprint density at radius 2 is 1.37 bits per heavy atom. The molecule has 0 unspecified atom stereocenters. The summed E-state index contributed by atoms with van der Waals surface area (Å²) < 4.78 is 39.7. The van der Waals surface area contributed by atoms with Crippen LogP contribution in [0.4, 0.5) is 11.4 Å². The number of rotatable bonds is 6. The molecule has 0 atom stereocenters. The molecule has 0 amide bonds. The molecule has 0 aromatic heterocycles. The van der Waals surface area contributed by atoms with Gasteiger partial charge in [0.25, 0.3) is 10.0 Å². The number of halogens is 2. The van der Waals surface area contributed by atoms with Gasteiger partial charge in [-0.3, -0.25) is 14.1 Å². The number of hydrogen-bond acceptors (Lipinski definition) is 3. The minimum Gasteiger partial charge on any atom is -0.330 e. The lowest BCUT2D eigenvalue weighted by atomic mass is 10.2. The van der Waals surface area contributed by atoms with Crippen LogP contribution in [0.5, 0.6) is 0 Å². The summed E-state index contributed by atoms with van der Waals surface area (Å²) >= 11 is 18.4. The Morgan fingerprint density at radius 3 is 1.85 bits per heavy atom. The number of nitrogens with zero attached hydrogens (tertiary/aromatic N) is 3. The van der Waals surface area contributed by atoms with Crippen LogP contribution in [0.3, 0.4) is 0 Å². The highest BCUT2D eigenvalue weighted by molar-refractivity contribution is 7.92. The molecular weight excluding hydrogens is 616 g/mol. The first-order chi connectivity index (χ1) is 19.4. The molecule has 7 nitrogen and oxygen atoms in total. The van der Waals surface area contributed by atoms with Crippen molar-refractivity contribution < 1.29 is 8.42 Å². The summed E-state index contributed by atoms with van der Waals surface area (Å²) in [4.78, 5) is 0.0686. The average molecular weight is 659 g/mol. The minimum atomic E-state index is -3.88. The maximum Gasteiger partial charge on any atom is 0.261 e. The Hall–Kier alpha value is -1.19. The van der Waals surface area contributed by atoms with Gasteiger partial charge in [0, 0.05) is 42.0 Å². The number of hydrogen-bond donors (Lipinski definition) is 2. The van der Waals surface area contributed by atoms with E-state index in [2.05, 4.69) is 40.2 Å². The molecule has 0 spiro atoms. The zero-order chi connectivity index (χ0) is 29.7. The van der Waals surface area contributed by atoms with Gasteiger partial charge in [0.05, 0.1) is 15.6 Å². The molecule has 2 aliphatic heterocycles. The summed E-state index contributed by atoms with van der Waals surface area (Å²) in [7, 11) is -6.16. The molecule has 226 valence electrons. The van der Waals surface area contributed by atoms with Crippen molar-refractivity contribution in [1.29, 1.82) is 0 Å². The van der Waals surface area contributed by atoms with E-state index in [0.29, 0.717) is 26.5 Å². The summed E-state index contributed by atoms with van der Waals surface area (Å²) in [6, 6.07) is 11.1. The van der Waals surface area contributed by atoms with Crippen molar-refractivity contribution >= 4 is 69.3 Å². The Bertz CT molecular complexity index is 1340. The number of nitrogens with one attached hydrogen (secondary N) is 2. The van der Waals surface area contributed by atoms with Gasteiger partial charge in [0.15, 0.2) is 5.11 Å². The molecule has 2 aromatic rings. The van der Waals surface area contributed by atoms with Crippen LogP contribution in [0.2, 0.25) is 10.0 Å². The third-order valence-electron chi connectivity index (χ3n) is 7.67. The molecule has 0 radical (unpaired) electrons. The summed E-state index contributed by atoms with van der Waals surface area (Å²) in [5, 5.41) is 4.33. The Balaban J connectivity index is 1.70. The zero-order valence-corrected chi connectivity index (χ0v) is 28.2. The van der Waals surface area contributed by atoms with Crippen LogP contribution in [-0.2, 0) is 10.0 Å². The van der Waals surface area contributed by atoms with Crippen molar-refractivity contribution in [3.05, 3.63) is 52.5 Å². The Kier molecular flexibility index (Phi) is 11.2. The third kappa shape index (κ3) is 8.05. The van der Waals surface area contributed by atoms with Gasteiger partial charge in [0.2, 0.25) is 0 Å². The first kappa shape index (κ1) is 32.7. The van der Waals surface area contributed by atoms with Gasteiger partial charge in [-0.25, -0.2) is 13.2 Å². The molecule has 2 aliphatic rings. The van der Waals surface area contributed by atoms with Gasteiger partial charge in [-0.2, -0.15) is 0 Å². The molecule has 2 heterocycles. The van der Waals surface area contributed by atoms with Crippen molar-refractivity contribution in [1.82, 2.24) is 9.34 Å². The normalized spacial score (nSPS) is 18.3. The summed E-state index contributed by atoms with van der Waals surface area (Å²) in [5.74, 6) is 0. The van der Waals surface area contributed by atoms with Crippen LogP contribution in [0.1, 0.15) is 72.1 Å². The second kappa shape index (κ2) is 14.1. The molecule has 4 rings (SSSR count). The Labute approximate surface area is 261 Å². The highest BCUT2D eigenvalue weighted by Gasteiger charge is 2.44. The molecular formula is C29H42Cl2N5O2PS2. The number of sulfonamides is 1. The molecule has 12 heteroatoms.